The molecule has 3 rings (SSSR count). The second kappa shape index (κ2) is 5.68. The zero-order valence-electron chi connectivity index (χ0n) is 14.0. The first kappa shape index (κ1) is 15.0. The van der Waals surface area contributed by atoms with Gasteiger partial charge in [0, 0.05) is 24.3 Å². The number of aryl methyl sites for hydroxylation is 2. The predicted molar refractivity (Wildman–Crippen MR) is 92.9 cm³/mol. The van der Waals surface area contributed by atoms with E-state index < -0.39 is 0 Å². The molecular formula is C20H25NO. The van der Waals surface area contributed by atoms with Gasteiger partial charge in [-0.15, -0.1) is 0 Å². The van der Waals surface area contributed by atoms with Gasteiger partial charge in [-0.3, -0.25) is 0 Å². The fourth-order valence-electron chi connectivity index (χ4n) is 3.19. The highest BCUT2D eigenvalue weighted by Crippen LogP contribution is 2.33. The number of phenols is 1. The summed E-state index contributed by atoms with van der Waals surface area (Å²) in [5, 5.41) is 10.2. The van der Waals surface area contributed by atoms with E-state index in [2.05, 4.69) is 50.8 Å². The minimum absolute atomic E-state index is 0.404. The van der Waals surface area contributed by atoms with Crippen LogP contribution in [-0.2, 0) is 13.0 Å². The molecular weight excluding hydrogens is 270 g/mol. The molecule has 2 aromatic carbocycles. The number of nitrogens with zero attached hydrogens (tertiary/aromatic N) is 1. The van der Waals surface area contributed by atoms with E-state index in [9.17, 15) is 5.11 Å². The lowest BCUT2D eigenvalue weighted by Crippen LogP contribution is -2.20. The Morgan fingerprint density at radius 1 is 1.09 bits per heavy atom. The van der Waals surface area contributed by atoms with Crippen LogP contribution in [0.5, 0.6) is 5.75 Å². The topological polar surface area (TPSA) is 23.5 Å². The summed E-state index contributed by atoms with van der Waals surface area (Å²) < 4.78 is 0. The standard InChI is InChI=1S/C20H25NO/c1-13(2)16-5-6-20(22)18(11-16)12-21-8-7-17-9-14(3)15(4)10-19(17)21/h5-6,9-11,13,22H,7-8,12H2,1-4H3. The molecule has 1 aliphatic rings. The van der Waals surface area contributed by atoms with E-state index in [4.69, 9.17) is 0 Å². The third kappa shape index (κ3) is 2.70. The maximum absolute atomic E-state index is 10.2. The molecule has 22 heavy (non-hydrogen) atoms. The van der Waals surface area contributed by atoms with E-state index in [0.717, 1.165) is 25.1 Å². The lowest BCUT2D eigenvalue weighted by Gasteiger charge is -2.21. The van der Waals surface area contributed by atoms with Crippen LogP contribution >= 0.6 is 0 Å². The molecule has 2 heteroatoms. The Kier molecular flexibility index (Phi) is 3.86. The van der Waals surface area contributed by atoms with Crippen molar-refractivity contribution in [2.24, 2.45) is 0 Å². The Bertz CT molecular complexity index is 703. The highest BCUT2D eigenvalue weighted by Gasteiger charge is 2.21. The molecule has 0 radical (unpaired) electrons. The predicted octanol–water partition coefficient (Wildman–Crippen LogP) is 4.70. The largest absolute Gasteiger partial charge is 0.508 e. The quantitative estimate of drug-likeness (QED) is 0.887. The minimum atomic E-state index is 0.404. The van der Waals surface area contributed by atoms with Gasteiger partial charge >= 0.3 is 0 Å². The first-order chi connectivity index (χ1) is 10.5. The van der Waals surface area contributed by atoms with Gasteiger partial charge < -0.3 is 10.0 Å². The molecule has 0 atom stereocenters. The molecule has 0 saturated carbocycles. The second-order valence-corrected chi connectivity index (χ2v) is 6.78. The van der Waals surface area contributed by atoms with Crippen molar-refractivity contribution in [3.05, 3.63) is 58.1 Å². The van der Waals surface area contributed by atoms with Gasteiger partial charge in [-0.1, -0.05) is 32.0 Å². The number of aromatic hydroxyl groups is 1. The summed E-state index contributed by atoms with van der Waals surface area (Å²) >= 11 is 0. The molecule has 1 aliphatic heterocycles. The molecule has 0 amide bonds. The van der Waals surface area contributed by atoms with Crippen LogP contribution in [0.15, 0.2) is 30.3 Å². The summed E-state index contributed by atoms with van der Waals surface area (Å²) in [6, 6.07) is 10.6. The van der Waals surface area contributed by atoms with Gasteiger partial charge in [0.25, 0.3) is 0 Å². The number of fused-ring (bicyclic) bond motifs is 1. The molecule has 2 nitrogen and oxygen atoms in total. The molecule has 0 spiro atoms. The van der Waals surface area contributed by atoms with Crippen molar-refractivity contribution < 1.29 is 5.11 Å². The smallest absolute Gasteiger partial charge is 0.120 e. The number of anilines is 1. The van der Waals surface area contributed by atoms with E-state index in [1.807, 2.05) is 12.1 Å². The molecule has 1 N–H and O–H groups in total. The average Bonchev–Trinajstić information content (AvgIpc) is 2.84. The van der Waals surface area contributed by atoms with Crippen molar-refractivity contribution in [3.8, 4) is 5.75 Å². The Morgan fingerprint density at radius 3 is 2.55 bits per heavy atom. The van der Waals surface area contributed by atoms with Crippen LogP contribution in [0.2, 0.25) is 0 Å². The average molecular weight is 295 g/mol. The zero-order chi connectivity index (χ0) is 15.9. The van der Waals surface area contributed by atoms with Gasteiger partial charge in [-0.2, -0.15) is 0 Å². The number of phenolic OH excluding ortho intramolecular Hbond substituents is 1. The first-order valence-electron chi connectivity index (χ1n) is 8.12. The number of hydrogen-bond donors (Lipinski definition) is 1. The zero-order valence-corrected chi connectivity index (χ0v) is 14.0. The van der Waals surface area contributed by atoms with Crippen molar-refractivity contribution in [2.75, 3.05) is 11.4 Å². The molecule has 0 unspecified atom stereocenters. The lowest BCUT2D eigenvalue weighted by atomic mass is 10.00. The minimum Gasteiger partial charge on any atom is -0.508 e. The number of hydrogen-bond acceptors (Lipinski definition) is 2. The Morgan fingerprint density at radius 2 is 1.82 bits per heavy atom. The first-order valence-corrected chi connectivity index (χ1v) is 8.12. The van der Waals surface area contributed by atoms with Crippen LogP contribution in [0.1, 0.15) is 47.6 Å². The maximum atomic E-state index is 10.2. The van der Waals surface area contributed by atoms with Crippen molar-refractivity contribution >= 4 is 5.69 Å². The van der Waals surface area contributed by atoms with E-state index in [0.29, 0.717) is 11.7 Å². The Hall–Kier alpha value is -1.96. The molecule has 0 bridgehead atoms. The van der Waals surface area contributed by atoms with Gasteiger partial charge in [0.05, 0.1) is 0 Å². The molecule has 0 saturated heterocycles. The van der Waals surface area contributed by atoms with Crippen LogP contribution in [-0.4, -0.2) is 11.7 Å². The van der Waals surface area contributed by atoms with Crippen LogP contribution in [0.25, 0.3) is 0 Å². The Labute approximate surface area is 133 Å². The number of benzene rings is 2. The lowest BCUT2D eigenvalue weighted by molar-refractivity contribution is 0.467. The van der Waals surface area contributed by atoms with E-state index in [-0.39, 0.29) is 0 Å². The third-order valence-corrected chi connectivity index (χ3v) is 4.82. The van der Waals surface area contributed by atoms with Crippen LogP contribution in [0.4, 0.5) is 5.69 Å². The van der Waals surface area contributed by atoms with E-state index >= 15 is 0 Å². The normalized spacial score (nSPS) is 13.8. The summed E-state index contributed by atoms with van der Waals surface area (Å²) in [7, 11) is 0. The highest BCUT2D eigenvalue weighted by molar-refractivity contribution is 5.61. The van der Waals surface area contributed by atoms with Crippen molar-refractivity contribution in [1.29, 1.82) is 0 Å². The van der Waals surface area contributed by atoms with Crippen molar-refractivity contribution in [3.63, 3.8) is 0 Å². The summed E-state index contributed by atoms with van der Waals surface area (Å²) in [6.07, 6.45) is 1.10. The van der Waals surface area contributed by atoms with Crippen LogP contribution in [0, 0.1) is 13.8 Å². The molecule has 0 aromatic heterocycles. The Balaban J connectivity index is 1.90. The maximum Gasteiger partial charge on any atom is 0.120 e. The molecule has 116 valence electrons. The second-order valence-electron chi connectivity index (χ2n) is 6.78. The van der Waals surface area contributed by atoms with E-state index in [1.54, 1.807) is 0 Å². The highest BCUT2D eigenvalue weighted by atomic mass is 16.3. The summed E-state index contributed by atoms with van der Waals surface area (Å²) in [6.45, 7) is 10.5. The van der Waals surface area contributed by atoms with Gasteiger partial charge in [0.2, 0.25) is 0 Å². The van der Waals surface area contributed by atoms with Crippen LogP contribution in [0.3, 0.4) is 0 Å². The fraction of sp³-hybridized carbons (Fsp3) is 0.400. The van der Waals surface area contributed by atoms with Gasteiger partial charge in [-0.05, 0) is 60.6 Å². The SMILES string of the molecule is Cc1cc2c(cc1C)N(Cc1cc(C(C)C)ccc1O)CC2. The molecule has 2 aromatic rings. The fourth-order valence-corrected chi connectivity index (χ4v) is 3.19. The molecule has 0 aliphatic carbocycles. The van der Waals surface area contributed by atoms with Gasteiger partial charge in [0.15, 0.2) is 0 Å². The van der Waals surface area contributed by atoms with Gasteiger partial charge in [-0.25, -0.2) is 0 Å². The van der Waals surface area contributed by atoms with Crippen molar-refractivity contribution in [2.45, 2.75) is 46.6 Å². The van der Waals surface area contributed by atoms with E-state index in [1.165, 1.54) is 27.9 Å². The third-order valence-electron chi connectivity index (χ3n) is 4.82. The monoisotopic (exact) mass is 295 g/mol. The van der Waals surface area contributed by atoms with Gasteiger partial charge in [0.1, 0.15) is 5.75 Å². The molecule has 0 fully saturated rings. The summed E-state index contributed by atoms with van der Waals surface area (Å²) in [5.74, 6) is 0.886. The summed E-state index contributed by atoms with van der Waals surface area (Å²) in [5.41, 5.74) is 7.78. The summed E-state index contributed by atoms with van der Waals surface area (Å²) in [4.78, 5) is 2.39. The molecule has 1 heterocycles. The van der Waals surface area contributed by atoms with Crippen molar-refractivity contribution in [1.82, 2.24) is 0 Å². The number of rotatable bonds is 3. The van der Waals surface area contributed by atoms with Crippen LogP contribution < -0.4 is 4.90 Å².